The molecule has 1 aromatic rings. The first-order valence-corrected chi connectivity index (χ1v) is 4.57. The predicted molar refractivity (Wildman–Crippen MR) is 55.4 cm³/mol. The van der Waals surface area contributed by atoms with Crippen LogP contribution in [0, 0.1) is 6.92 Å². The number of carboxylic acids is 1. The molecule has 15 heavy (non-hydrogen) atoms. The van der Waals surface area contributed by atoms with E-state index in [1.807, 2.05) is 6.92 Å². The van der Waals surface area contributed by atoms with Crippen LogP contribution < -0.4 is 5.73 Å². The zero-order valence-electron chi connectivity index (χ0n) is 8.49. The summed E-state index contributed by atoms with van der Waals surface area (Å²) in [5, 5.41) is 8.63. The largest absolute Gasteiger partial charge is 0.481 e. The third-order valence-electron chi connectivity index (χ3n) is 2.13. The van der Waals surface area contributed by atoms with E-state index >= 15 is 0 Å². The number of carboxylic acid groups (broad SMARTS) is 1. The Morgan fingerprint density at radius 1 is 1.33 bits per heavy atom. The zero-order valence-corrected chi connectivity index (χ0v) is 8.49. The normalized spacial score (nSPS) is 9.93. The van der Waals surface area contributed by atoms with Gasteiger partial charge in [0.2, 0.25) is 5.91 Å². The van der Waals surface area contributed by atoms with E-state index < -0.39 is 5.97 Å². The van der Waals surface area contributed by atoms with Gasteiger partial charge < -0.3 is 10.8 Å². The fourth-order valence-electron chi connectivity index (χ4n) is 1.43. The molecule has 1 amide bonds. The van der Waals surface area contributed by atoms with E-state index in [2.05, 4.69) is 0 Å². The van der Waals surface area contributed by atoms with Crippen LogP contribution in [0.4, 0.5) is 0 Å². The molecular weight excluding hydrogens is 194 g/mol. The van der Waals surface area contributed by atoms with E-state index in [9.17, 15) is 9.59 Å². The maximum absolute atomic E-state index is 10.7. The summed E-state index contributed by atoms with van der Waals surface area (Å²) in [6.07, 6.45) is 0.191. The lowest BCUT2D eigenvalue weighted by Gasteiger charge is -2.05. The quantitative estimate of drug-likeness (QED) is 0.760. The second-order valence-electron chi connectivity index (χ2n) is 3.47. The Hall–Kier alpha value is -1.84. The Bertz CT molecular complexity index is 399. The molecule has 0 saturated carbocycles. The number of carbonyl (C=O) groups is 2. The van der Waals surface area contributed by atoms with Crippen LogP contribution in [0.3, 0.4) is 0 Å². The minimum Gasteiger partial charge on any atom is -0.481 e. The van der Waals surface area contributed by atoms with Gasteiger partial charge in [0, 0.05) is 0 Å². The van der Waals surface area contributed by atoms with Gasteiger partial charge in [-0.2, -0.15) is 0 Å². The summed E-state index contributed by atoms with van der Waals surface area (Å²) < 4.78 is 0. The van der Waals surface area contributed by atoms with Crippen molar-refractivity contribution in [3.8, 4) is 0 Å². The first-order chi connectivity index (χ1) is 6.99. The summed E-state index contributed by atoms with van der Waals surface area (Å²) in [6.45, 7) is 1.82. The third-order valence-corrected chi connectivity index (χ3v) is 2.13. The number of carbonyl (C=O) groups excluding carboxylic acids is 1. The number of amides is 1. The average Bonchev–Trinajstić information content (AvgIpc) is 2.08. The van der Waals surface area contributed by atoms with E-state index in [0.717, 1.165) is 16.7 Å². The smallest absolute Gasteiger partial charge is 0.307 e. The Morgan fingerprint density at radius 3 is 2.47 bits per heavy atom. The maximum atomic E-state index is 10.7. The number of aliphatic carboxylic acids is 1. The Balaban J connectivity index is 2.87. The molecule has 1 aromatic carbocycles. The second kappa shape index (κ2) is 4.59. The van der Waals surface area contributed by atoms with Gasteiger partial charge in [0.25, 0.3) is 0 Å². The SMILES string of the molecule is Cc1cc(CC(N)=O)ccc1CC(=O)O. The predicted octanol–water partition coefficient (Wildman–Crippen LogP) is 0.650. The summed E-state index contributed by atoms with van der Waals surface area (Å²) in [6, 6.07) is 5.25. The van der Waals surface area contributed by atoms with Gasteiger partial charge in [0.1, 0.15) is 0 Å². The second-order valence-corrected chi connectivity index (χ2v) is 3.47. The van der Waals surface area contributed by atoms with Crippen molar-refractivity contribution < 1.29 is 14.7 Å². The topological polar surface area (TPSA) is 80.4 Å². The number of primary amides is 1. The van der Waals surface area contributed by atoms with Gasteiger partial charge in [-0.05, 0) is 23.6 Å². The molecule has 0 aliphatic heterocycles. The summed E-state index contributed by atoms with van der Waals surface area (Å²) in [4.78, 5) is 21.2. The van der Waals surface area contributed by atoms with Crippen molar-refractivity contribution in [3.63, 3.8) is 0 Å². The molecule has 0 bridgehead atoms. The maximum Gasteiger partial charge on any atom is 0.307 e. The minimum atomic E-state index is -0.860. The van der Waals surface area contributed by atoms with Crippen LogP contribution in [0.25, 0.3) is 0 Å². The monoisotopic (exact) mass is 207 g/mol. The van der Waals surface area contributed by atoms with Crippen molar-refractivity contribution in [2.24, 2.45) is 5.73 Å². The number of nitrogens with two attached hydrogens (primary N) is 1. The van der Waals surface area contributed by atoms with Crippen molar-refractivity contribution in [2.75, 3.05) is 0 Å². The molecule has 0 atom stereocenters. The van der Waals surface area contributed by atoms with Crippen molar-refractivity contribution in [2.45, 2.75) is 19.8 Å². The van der Waals surface area contributed by atoms with Gasteiger partial charge in [-0.3, -0.25) is 9.59 Å². The van der Waals surface area contributed by atoms with Crippen LogP contribution in [0.5, 0.6) is 0 Å². The highest BCUT2D eigenvalue weighted by Crippen LogP contribution is 2.12. The molecule has 0 aliphatic rings. The molecular formula is C11H13NO3. The molecule has 0 saturated heterocycles. The van der Waals surface area contributed by atoms with Crippen LogP contribution in [0.1, 0.15) is 16.7 Å². The van der Waals surface area contributed by atoms with Gasteiger partial charge in [0.05, 0.1) is 12.8 Å². The minimum absolute atomic E-state index is 0.00266. The fraction of sp³-hybridized carbons (Fsp3) is 0.273. The van der Waals surface area contributed by atoms with Gasteiger partial charge >= 0.3 is 5.97 Å². The summed E-state index contributed by atoms with van der Waals surface area (Å²) >= 11 is 0. The molecule has 0 fully saturated rings. The van der Waals surface area contributed by atoms with Crippen molar-refractivity contribution in [1.29, 1.82) is 0 Å². The molecule has 0 heterocycles. The zero-order chi connectivity index (χ0) is 11.4. The third kappa shape index (κ3) is 3.42. The van der Waals surface area contributed by atoms with Gasteiger partial charge in [-0.25, -0.2) is 0 Å². The van der Waals surface area contributed by atoms with E-state index in [4.69, 9.17) is 10.8 Å². The fourth-order valence-corrected chi connectivity index (χ4v) is 1.43. The lowest BCUT2D eigenvalue weighted by Crippen LogP contribution is -2.14. The van der Waals surface area contributed by atoms with Gasteiger partial charge in [-0.1, -0.05) is 18.2 Å². The van der Waals surface area contributed by atoms with Crippen molar-refractivity contribution in [1.82, 2.24) is 0 Å². The highest BCUT2D eigenvalue weighted by molar-refractivity contribution is 5.77. The van der Waals surface area contributed by atoms with Crippen LogP contribution >= 0.6 is 0 Å². The number of aryl methyl sites for hydroxylation is 1. The molecule has 80 valence electrons. The first-order valence-electron chi connectivity index (χ1n) is 4.57. The summed E-state index contributed by atoms with van der Waals surface area (Å²) in [5.41, 5.74) is 7.51. The van der Waals surface area contributed by atoms with Crippen LogP contribution in [0.2, 0.25) is 0 Å². The average molecular weight is 207 g/mol. The number of rotatable bonds is 4. The molecule has 0 spiro atoms. The standard InChI is InChI=1S/C11H13NO3/c1-7-4-8(5-10(12)13)2-3-9(7)6-11(14)15/h2-4H,5-6H2,1H3,(H2,12,13)(H,14,15). The van der Waals surface area contributed by atoms with Crippen molar-refractivity contribution >= 4 is 11.9 Å². The molecule has 0 aromatic heterocycles. The molecule has 0 aliphatic carbocycles. The lowest BCUT2D eigenvalue weighted by atomic mass is 10.0. The summed E-state index contributed by atoms with van der Waals surface area (Å²) in [5.74, 6) is -1.25. The molecule has 4 nitrogen and oxygen atoms in total. The van der Waals surface area contributed by atoms with E-state index in [0.29, 0.717) is 0 Å². The highest BCUT2D eigenvalue weighted by atomic mass is 16.4. The van der Waals surface area contributed by atoms with Crippen LogP contribution in [-0.4, -0.2) is 17.0 Å². The molecule has 0 radical (unpaired) electrons. The number of hydrogen-bond donors (Lipinski definition) is 2. The van der Waals surface area contributed by atoms with Crippen molar-refractivity contribution in [3.05, 3.63) is 34.9 Å². The van der Waals surface area contributed by atoms with Gasteiger partial charge in [-0.15, -0.1) is 0 Å². The Kier molecular flexibility index (Phi) is 3.44. The number of benzene rings is 1. The van der Waals surface area contributed by atoms with E-state index in [1.165, 1.54) is 0 Å². The lowest BCUT2D eigenvalue weighted by molar-refractivity contribution is -0.136. The van der Waals surface area contributed by atoms with Crippen LogP contribution in [-0.2, 0) is 22.4 Å². The summed E-state index contributed by atoms with van der Waals surface area (Å²) in [7, 11) is 0. The van der Waals surface area contributed by atoms with Gasteiger partial charge in [0.15, 0.2) is 0 Å². The Morgan fingerprint density at radius 2 is 2.00 bits per heavy atom. The van der Waals surface area contributed by atoms with Crippen LogP contribution in [0.15, 0.2) is 18.2 Å². The Labute approximate surface area is 87.7 Å². The molecule has 1 rings (SSSR count). The molecule has 0 unspecified atom stereocenters. The molecule has 4 heteroatoms. The first kappa shape index (κ1) is 11.2. The van der Waals surface area contributed by atoms with E-state index in [-0.39, 0.29) is 18.7 Å². The highest BCUT2D eigenvalue weighted by Gasteiger charge is 2.05. The van der Waals surface area contributed by atoms with E-state index in [1.54, 1.807) is 18.2 Å². The number of hydrogen-bond acceptors (Lipinski definition) is 2. The molecule has 3 N–H and O–H groups in total.